The van der Waals surface area contributed by atoms with Crippen molar-refractivity contribution in [2.45, 2.75) is 4.90 Å². The second kappa shape index (κ2) is 7.23. The highest BCUT2D eigenvalue weighted by Gasteiger charge is 2.27. The Morgan fingerprint density at radius 2 is 1.79 bits per heavy atom. The fourth-order valence-electron chi connectivity index (χ4n) is 2.09. The number of nitrogens with zero attached hydrogens (tertiary/aromatic N) is 2. The second-order valence-corrected chi connectivity index (χ2v) is 9.09. The molecule has 1 saturated heterocycles. The number of benzene rings is 1. The number of sulfonamides is 1. The first-order chi connectivity index (χ1) is 11.2. The van der Waals surface area contributed by atoms with Crippen molar-refractivity contribution in [3.8, 4) is 5.75 Å². The minimum atomic E-state index is -3.80. The SMILES string of the molecule is COc1ccc(S(=O)(=O)N2CCOCC2)cc1NS(=O)(=O)N(C)C. The van der Waals surface area contributed by atoms with Crippen molar-refractivity contribution in [1.82, 2.24) is 8.61 Å². The highest BCUT2D eigenvalue weighted by atomic mass is 32.2. The molecule has 0 atom stereocenters. The first-order valence-corrected chi connectivity index (χ1v) is 10.0. The molecule has 1 fully saturated rings. The maximum Gasteiger partial charge on any atom is 0.301 e. The average molecular weight is 379 g/mol. The summed E-state index contributed by atoms with van der Waals surface area (Å²) >= 11 is 0. The number of methoxy groups -OCH3 is 1. The Bertz CT molecular complexity index is 786. The van der Waals surface area contributed by atoms with Crippen LogP contribution in [0.5, 0.6) is 5.75 Å². The van der Waals surface area contributed by atoms with Gasteiger partial charge in [-0.3, -0.25) is 4.72 Å². The van der Waals surface area contributed by atoms with Crippen LogP contribution in [0.3, 0.4) is 0 Å². The molecule has 0 saturated carbocycles. The van der Waals surface area contributed by atoms with Crippen molar-refractivity contribution in [3.63, 3.8) is 0 Å². The van der Waals surface area contributed by atoms with Gasteiger partial charge in [0.2, 0.25) is 10.0 Å². The summed E-state index contributed by atoms with van der Waals surface area (Å²) in [5.41, 5.74) is 0.0561. The molecule has 0 amide bonds. The van der Waals surface area contributed by atoms with E-state index in [-0.39, 0.29) is 29.4 Å². The molecule has 0 aliphatic carbocycles. The zero-order valence-corrected chi connectivity index (χ0v) is 15.4. The van der Waals surface area contributed by atoms with Crippen molar-refractivity contribution in [2.75, 3.05) is 52.2 Å². The van der Waals surface area contributed by atoms with Crippen LogP contribution in [0.2, 0.25) is 0 Å². The van der Waals surface area contributed by atoms with Gasteiger partial charge in [0.05, 0.1) is 30.9 Å². The standard InChI is InChI=1S/C13H21N3O6S2/c1-15(2)24(19,20)14-12-10-11(4-5-13(12)21-3)23(17,18)16-6-8-22-9-7-16/h4-5,10,14H,6-9H2,1-3H3. The normalized spacial score (nSPS) is 17.0. The van der Waals surface area contributed by atoms with Gasteiger partial charge in [-0.1, -0.05) is 0 Å². The van der Waals surface area contributed by atoms with Crippen molar-refractivity contribution in [1.29, 1.82) is 0 Å². The molecule has 1 aliphatic rings. The van der Waals surface area contributed by atoms with Crippen molar-refractivity contribution in [2.24, 2.45) is 0 Å². The highest BCUT2D eigenvalue weighted by molar-refractivity contribution is 7.90. The zero-order chi connectivity index (χ0) is 18.0. The predicted octanol–water partition coefficient (Wildman–Crippen LogP) is -0.0656. The topological polar surface area (TPSA) is 105 Å². The molecule has 1 aromatic carbocycles. The van der Waals surface area contributed by atoms with Crippen molar-refractivity contribution in [3.05, 3.63) is 18.2 Å². The van der Waals surface area contributed by atoms with E-state index in [1.165, 1.54) is 43.7 Å². The number of rotatable bonds is 6. The van der Waals surface area contributed by atoms with Crippen molar-refractivity contribution >= 4 is 25.9 Å². The molecule has 24 heavy (non-hydrogen) atoms. The Morgan fingerprint density at radius 1 is 1.17 bits per heavy atom. The summed E-state index contributed by atoms with van der Waals surface area (Å²) in [6.45, 7) is 1.17. The smallest absolute Gasteiger partial charge is 0.301 e. The van der Waals surface area contributed by atoms with E-state index in [9.17, 15) is 16.8 Å². The van der Waals surface area contributed by atoms with Gasteiger partial charge in [-0.15, -0.1) is 0 Å². The summed E-state index contributed by atoms with van der Waals surface area (Å²) in [5, 5.41) is 0. The Hall–Kier alpha value is -1.40. The third-order valence-corrected chi connectivity index (χ3v) is 6.83. The van der Waals surface area contributed by atoms with Crippen molar-refractivity contribution < 1.29 is 26.3 Å². The van der Waals surface area contributed by atoms with Crippen LogP contribution >= 0.6 is 0 Å². The van der Waals surface area contributed by atoms with Gasteiger partial charge < -0.3 is 9.47 Å². The van der Waals surface area contributed by atoms with Gasteiger partial charge in [0.15, 0.2) is 0 Å². The molecule has 0 aromatic heterocycles. The van der Waals surface area contributed by atoms with Crippen LogP contribution in [0.4, 0.5) is 5.69 Å². The van der Waals surface area contributed by atoms with Crippen LogP contribution in [0.1, 0.15) is 0 Å². The Labute approximate surface area is 142 Å². The van der Waals surface area contributed by atoms with Crippen LogP contribution in [-0.2, 0) is 25.0 Å². The molecule has 0 radical (unpaired) electrons. The Balaban J connectivity index is 2.41. The quantitative estimate of drug-likeness (QED) is 0.742. The molecular formula is C13H21N3O6S2. The lowest BCUT2D eigenvalue weighted by atomic mass is 10.3. The van der Waals surface area contributed by atoms with Crippen LogP contribution in [-0.4, -0.2) is 73.0 Å². The average Bonchev–Trinajstić information content (AvgIpc) is 2.55. The zero-order valence-electron chi connectivity index (χ0n) is 13.7. The van der Waals surface area contributed by atoms with Gasteiger partial charge in [-0.05, 0) is 18.2 Å². The molecule has 1 aliphatic heterocycles. The molecule has 1 aromatic rings. The first-order valence-electron chi connectivity index (χ1n) is 7.14. The van der Waals surface area contributed by atoms with Gasteiger partial charge in [-0.25, -0.2) is 8.42 Å². The fourth-order valence-corrected chi connectivity index (χ4v) is 4.15. The van der Waals surface area contributed by atoms with E-state index in [0.29, 0.717) is 13.2 Å². The van der Waals surface area contributed by atoms with Crippen LogP contribution in [0.25, 0.3) is 0 Å². The maximum atomic E-state index is 12.7. The summed E-state index contributed by atoms with van der Waals surface area (Å²) in [6.07, 6.45) is 0. The lowest BCUT2D eigenvalue weighted by Gasteiger charge is -2.26. The molecule has 9 nitrogen and oxygen atoms in total. The molecule has 11 heteroatoms. The van der Waals surface area contributed by atoms with E-state index < -0.39 is 20.2 Å². The fraction of sp³-hybridized carbons (Fsp3) is 0.538. The molecule has 2 rings (SSSR count). The number of hydrogen-bond donors (Lipinski definition) is 1. The molecule has 136 valence electrons. The minimum Gasteiger partial charge on any atom is -0.495 e. The van der Waals surface area contributed by atoms with Gasteiger partial charge in [0.1, 0.15) is 5.75 Å². The van der Waals surface area contributed by atoms with Gasteiger partial charge in [0, 0.05) is 27.2 Å². The summed E-state index contributed by atoms with van der Waals surface area (Å²) < 4.78 is 64.3. The largest absolute Gasteiger partial charge is 0.495 e. The van der Waals surface area contributed by atoms with E-state index >= 15 is 0 Å². The van der Waals surface area contributed by atoms with E-state index in [2.05, 4.69) is 4.72 Å². The summed E-state index contributed by atoms with van der Waals surface area (Å²) in [4.78, 5) is -0.0124. The molecule has 1 N–H and O–H groups in total. The van der Waals surface area contributed by atoms with E-state index in [0.717, 1.165) is 4.31 Å². The third-order valence-electron chi connectivity index (χ3n) is 3.50. The Kier molecular flexibility index (Phi) is 5.71. The highest BCUT2D eigenvalue weighted by Crippen LogP contribution is 2.30. The van der Waals surface area contributed by atoms with E-state index in [1.54, 1.807) is 0 Å². The molecule has 1 heterocycles. The summed E-state index contributed by atoms with van der Waals surface area (Å²) in [6, 6.07) is 4.06. The number of morpholine rings is 1. The Morgan fingerprint density at radius 3 is 2.33 bits per heavy atom. The van der Waals surface area contributed by atoms with E-state index in [4.69, 9.17) is 9.47 Å². The van der Waals surface area contributed by atoms with Crippen LogP contribution in [0, 0.1) is 0 Å². The first kappa shape index (κ1) is 18.9. The summed E-state index contributed by atoms with van der Waals surface area (Å²) in [7, 11) is -3.43. The third kappa shape index (κ3) is 3.98. The van der Waals surface area contributed by atoms with E-state index in [1.807, 2.05) is 0 Å². The monoisotopic (exact) mass is 379 g/mol. The lowest BCUT2D eigenvalue weighted by molar-refractivity contribution is 0.0730. The lowest BCUT2D eigenvalue weighted by Crippen LogP contribution is -2.40. The molecule has 0 unspecified atom stereocenters. The van der Waals surface area contributed by atoms with Gasteiger partial charge >= 0.3 is 10.2 Å². The number of anilines is 1. The number of ether oxygens (including phenoxy) is 2. The van der Waals surface area contributed by atoms with Gasteiger partial charge in [0.25, 0.3) is 0 Å². The number of nitrogens with one attached hydrogen (secondary N) is 1. The molecular weight excluding hydrogens is 358 g/mol. The minimum absolute atomic E-state index is 0.0124. The molecule has 0 spiro atoms. The van der Waals surface area contributed by atoms with Gasteiger partial charge in [-0.2, -0.15) is 17.0 Å². The predicted molar refractivity (Wildman–Crippen MR) is 88.8 cm³/mol. The number of hydrogen-bond acceptors (Lipinski definition) is 6. The second-order valence-electron chi connectivity index (χ2n) is 5.27. The summed E-state index contributed by atoms with van der Waals surface area (Å²) in [5.74, 6) is 0.223. The van der Waals surface area contributed by atoms with Crippen LogP contribution < -0.4 is 9.46 Å². The maximum absolute atomic E-state index is 12.7. The van der Waals surface area contributed by atoms with Crippen LogP contribution in [0.15, 0.2) is 23.1 Å². The molecule has 0 bridgehead atoms.